The van der Waals surface area contributed by atoms with Crippen LogP contribution in [0.25, 0.3) is 11.1 Å². The maximum atomic E-state index is 13.1. The molecule has 0 unspecified atom stereocenters. The van der Waals surface area contributed by atoms with E-state index in [-0.39, 0.29) is 29.9 Å². The van der Waals surface area contributed by atoms with Gasteiger partial charge in [0.2, 0.25) is 5.91 Å². The number of hydrogen-bond donors (Lipinski definition) is 3. The Balaban J connectivity index is 1.83. The predicted molar refractivity (Wildman–Crippen MR) is 130 cm³/mol. The number of carboxylic acid groups (broad SMARTS) is 1. The van der Waals surface area contributed by atoms with Crippen LogP contribution in [0.5, 0.6) is 0 Å². The molecule has 3 N–H and O–H groups in total. The Morgan fingerprint density at radius 2 is 1.59 bits per heavy atom. The minimum absolute atomic E-state index is 0.0803. The van der Waals surface area contributed by atoms with Gasteiger partial charge in [-0.1, -0.05) is 56.3 Å². The van der Waals surface area contributed by atoms with Gasteiger partial charge in [-0.15, -0.1) is 0 Å². The van der Waals surface area contributed by atoms with Crippen molar-refractivity contribution in [1.29, 1.82) is 0 Å². The fourth-order valence-electron chi connectivity index (χ4n) is 4.20. The first-order valence-electron chi connectivity index (χ1n) is 11.6. The molecule has 3 rings (SSSR count). The number of amides is 2. The second kappa shape index (κ2) is 11.6. The van der Waals surface area contributed by atoms with Crippen LogP contribution < -0.4 is 10.6 Å². The fourth-order valence-corrected chi connectivity index (χ4v) is 4.20. The van der Waals surface area contributed by atoms with E-state index in [1.807, 2.05) is 56.3 Å². The number of rotatable bonds is 9. The molecule has 2 aromatic carbocycles. The quantitative estimate of drug-likeness (QED) is 0.521. The number of carboxylic acids is 1. The molecular weight excluding hydrogens is 432 g/mol. The average molecular weight is 465 g/mol. The van der Waals surface area contributed by atoms with E-state index < -0.39 is 24.2 Å². The average Bonchev–Trinajstić information content (AvgIpc) is 2.84. The molecule has 0 aromatic heterocycles. The van der Waals surface area contributed by atoms with Crippen LogP contribution in [0.4, 0.5) is 0 Å². The molecule has 1 aliphatic carbocycles. The lowest BCUT2D eigenvalue weighted by atomic mass is 9.87. The van der Waals surface area contributed by atoms with Gasteiger partial charge in [0.05, 0.1) is 24.3 Å². The molecule has 2 amide bonds. The summed E-state index contributed by atoms with van der Waals surface area (Å²) in [4.78, 5) is 36.8. The Labute approximate surface area is 200 Å². The van der Waals surface area contributed by atoms with Crippen molar-refractivity contribution in [3.05, 3.63) is 71.8 Å². The number of hydrogen-bond acceptors (Lipinski definition) is 4. The summed E-state index contributed by atoms with van der Waals surface area (Å²) in [6, 6.07) is 15.8. The first-order valence-corrected chi connectivity index (χ1v) is 11.6. The van der Waals surface area contributed by atoms with Crippen LogP contribution in [0, 0.1) is 0 Å². The number of aliphatic carboxylic acids is 1. The summed E-state index contributed by atoms with van der Waals surface area (Å²) < 4.78 is 6.16. The highest BCUT2D eigenvalue weighted by Gasteiger charge is 2.38. The minimum Gasteiger partial charge on any atom is -0.478 e. The van der Waals surface area contributed by atoms with E-state index in [9.17, 15) is 19.5 Å². The second-order valence-corrected chi connectivity index (χ2v) is 8.49. The van der Waals surface area contributed by atoms with Gasteiger partial charge < -0.3 is 20.5 Å². The number of benzene rings is 2. The topological polar surface area (TPSA) is 105 Å². The van der Waals surface area contributed by atoms with E-state index in [0.717, 1.165) is 24.0 Å². The van der Waals surface area contributed by atoms with Crippen LogP contribution in [-0.2, 0) is 14.3 Å². The monoisotopic (exact) mass is 464 g/mol. The first-order chi connectivity index (χ1) is 16.3. The molecule has 180 valence electrons. The summed E-state index contributed by atoms with van der Waals surface area (Å²) in [7, 11) is 0. The third kappa shape index (κ3) is 6.32. The SMILES string of the molecule is CCC(CC)O[C@@H]1C=C(C(=O)O)C[C@H](NC(=O)c2ccc(-c3ccccc3)cc2)[C@H]1NC(C)=O. The van der Waals surface area contributed by atoms with E-state index in [4.69, 9.17) is 4.74 Å². The Bertz CT molecular complexity index is 1030. The smallest absolute Gasteiger partial charge is 0.331 e. The van der Waals surface area contributed by atoms with Crippen molar-refractivity contribution < 1.29 is 24.2 Å². The maximum absolute atomic E-state index is 13.1. The van der Waals surface area contributed by atoms with Crippen molar-refractivity contribution in [2.45, 2.75) is 64.3 Å². The van der Waals surface area contributed by atoms with Crippen molar-refractivity contribution in [1.82, 2.24) is 10.6 Å². The van der Waals surface area contributed by atoms with Gasteiger partial charge in [0.1, 0.15) is 0 Å². The Hall–Kier alpha value is -3.45. The molecule has 0 aliphatic heterocycles. The molecule has 0 bridgehead atoms. The molecule has 0 radical (unpaired) electrons. The van der Waals surface area contributed by atoms with Crippen LogP contribution in [-0.4, -0.2) is 47.2 Å². The molecule has 7 nitrogen and oxygen atoms in total. The Morgan fingerprint density at radius 3 is 2.15 bits per heavy atom. The van der Waals surface area contributed by atoms with Crippen molar-refractivity contribution in [2.75, 3.05) is 0 Å². The summed E-state index contributed by atoms with van der Waals surface area (Å²) in [6.45, 7) is 5.38. The van der Waals surface area contributed by atoms with Gasteiger partial charge in [-0.05, 0) is 42.2 Å². The molecule has 1 aliphatic rings. The van der Waals surface area contributed by atoms with E-state index in [2.05, 4.69) is 10.6 Å². The van der Waals surface area contributed by atoms with Gasteiger partial charge in [0.15, 0.2) is 0 Å². The van der Waals surface area contributed by atoms with Crippen molar-refractivity contribution in [2.24, 2.45) is 0 Å². The molecule has 0 saturated carbocycles. The van der Waals surface area contributed by atoms with Gasteiger partial charge >= 0.3 is 5.97 Å². The molecule has 34 heavy (non-hydrogen) atoms. The number of nitrogens with one attached hydrogen (secondary N) is 2. The fraction of sp³-hybridized carbons (Fsp3) is 0.370. The summed E-state index contributed by atoms with van der Waals surface area (Å²) in [5.74, 6) is -1.68. The van der Waals surface area contributed by atoms with Gasteiger partial charge in [-0.25, -0.2) is 4.79 Å². The lowest BCUT2D eigenvalue weighted by Crippen LogP contribution is -2.59. The van der Waals surface area contributed by atoms with Gasteiger partial charge in [-0.3, -0.25) is 9.59 Å². The zero-order chi connectivity index (χ0) is 24.7. The lowest BCUT2D eigenvalue weighted by Gasteiger charge is -2.38. The van der Waals surface area contributed by atoms with Crippen molar-refractivity contribution in [3.8, 4) is 11.1 Å². The molecule has 0 spiro atoms. The molecular formula is C27H32N2O5. The van der Waals surface area contributed by atoms with Crippen LogP contribution >= 0.6 is 0 Å². The summed E-state index contributed by atoms with van der Waals surface area (Å²) in [6.07, 6.45) is 2.38. The molecule has 2 aromatic rings. The van der Waals surface area contributed by atoms with Crippen molar-refractivity contribution >= 4 is 17.8 Å². The van der Waals surface area contributed by atoms with E-state index in [1.54, 1.807) is 18.2 Å². The number of ether oxygens (including phenoxy) is 1. The first kappa shape index (κ1) is 25.2. The Morgan fingerprint density at radius 1 is 0.971 bits per heavy atom. The Kier molecular flexibility index (Phi) is 8.60. The second-order valence-electron chi connectivity index (χ2n) is 8.49. The zero-order valence-electron chi connectivity index (χ0n) is 19.8. The van der Waals surface area contributed by atoms with Crippen LogP contribution in [0.2, 0.25) is 0 Å². The van der Waals surface area contributed by atoms with Gasteiger partial charge in [-0.2, -0.15) is 0 Å². The predicted octanol–water partition coefficient (Wildman–Crippen LogP) is 3.95. The van der Waals surface area contributed by atoms with E-state index >= 15 is 0 Å². The summed E-state index contributed by atoms with van der Waals surface area (Å²) >= 11 is 0. The standard InChI is InChI=1S/C27H32N2O5/c1-4-22(5-2)34-24-16-21(27(32)33)15-23(25(24)28-17(3)30)29-26(31)20-13-11-19(12-14-20)18-9-7-6-8-10-18/h6-14,16,22-25H,4-5,15H2,1-3H3,(H,28,30)(H,29,31)(H,32,33)/t23-,24+,25+/m0/s1. The maximum Gasteiger partial charge on any atom is 0.331 e. The van der Waals surface area contributed by atoms with E-state index in [1.165, 1.54) is 6.92 Å². The van der Waals surface area contributed by atoms with Gasteiger partial charge in [0, 0.05) is 24.5 Å². The molecule has 3 atom stereocenters. The van der Waals surface area contributed by atoms with Crippen LogP contribution in [0.3, 0.4) is 0 Å². The molecule has 0 heterocycles. The highest BCUT2D eigenvalue weighted by Crippen LogP contribution is 2.25. The molecule has 7 heteroatoms. The molecule has 0 saturated heterocycles. The van der Waals surface area contributed by atoms with Crippen molar-refractivity contribution in [3.63, 3.8) is 0 Å². The van der Waals surface area contributed by atoms with Gasteiger partial charge in [0.25, 0.3) is 5.91 Å². The highest BCUT2D eigenvalue weighted by atomic mass is 16.5. The number of carbonyl (C=O) groups excluding carboxylic acids is 2. The third-order valence-electron chi connectivity index (χ3n) is 6.07. The normalized spacial score (nSPS) is 19.9. The lowest BCUT2D eigenvalue weighted by molar-refractivity contribution is -0.133. The number of carbonyl (C=O) groups is 3. The summed E-state index contributed by atoms with van der Waals surface area (Å²) in [5.41, 5.74) is 2.64. The highest BCUT2D eigenvalue weighted by molar-refractivity contribution is 5.95. The van der Waals surface area contributed by atoms with Crippen LogP contribution in [0.15, 0.2) is 66.2 Å². The van der Waals surface area contributed by atoms with Crippen LogP contribution in [0.1, 0.15) is 50.4 Å². The van der Waals surface area contributed by atoms with E-state index in [0.29, 0.717) is 5.56 Å². The third-order valence-corrected chi connectivity index (χ3v) is 6.07. The minimum atomic E-state index is -1.06. The summed E-state index contributed by atoms with van der Waals surface area (Å²) in [5, 5.41) is 15.5. The largest absolute Gasteiger partial charge is 0.478 e. The zero-order valence-corrected chi connectivity index (χ0v) is 19.8. The molecule has 0 fully saturated rings.